The summed E-state index contributed by atoms with van der Waals surface area (Å²) in [5, 5.41) is 11.0. The lowest BCUT2D eigenvalue weighted by Gasteiger charge is -2.12. The Morgan fingerprint density at radius 1 is 1.08 bits per heavy atom. The van der Waals surface area contributed by atoms with Gasteiger partial charge in [-0.1, -0.05) is 6.07 Å². The highest BCUT2D eigenvalue weighted by Crippen LogP contribution is 2.32. The fraction of sp³-hybridized carbons (Fsp3) is 0.360. The molecule has 0 saturated heterocycles. The molecule has 2 heterocycles. The average molecular weight is 497 g/mol. The third kappa shape index (κ3) is 6.30. The monoisotopic (exact) mass is 496 g/mol. The number of hydrogen-bond acceptors (Lipinski definition) is 9. The number of nitrogens with one attached hydrogen (secondary N) is 2. The van der Waals surface area contributed by atoms with Crippen molar-refractivity contribution in [3.63, 3.8) is 0 Å². The smallest absolute Gasteiger partial charge is 0.273 e. The van der Waals surface area contributed by atoms with Crippen LogP contribution >= 0.6 is 0 Å². The number of aryl methyl sites for hydroxylation is 1. The topological polar surface area (TPSA) is 134 Å². The molecule has 0 aliphatic carbocycles. The minimum atomic E-state index is -0.403. The highest BCUT2D eigenvalue weighted by atomic mass is 16.7. The summed E-state index contributed by atoms with van der Waals surface area (Å²) in [5.41, 5.74) is 1.27. The zero-order chi connectivity index (χ0) is 25.3. The molecular weight excluding hydrogens is 468 g/mol. The Morgan fingerprint density at radius 3 is 2.75 bits per heavy atom. The zero-order valence-electron chi connectivity index (χ0n) is 20.2. The molecule has 1 aliphatic heterocycles. The Kier molecular flexibility index (Phi) is 8.35. The first-order chi connectivity index (χ1) is 17.6. The molecule has 4 rings (SSSR count). The number of benzene rings is 2. The molecule has 0 spiro atoms. The first-order valence-electron chi connectivity index (χ1n) is 11.6. The molecule has 2 aromatic carbocycles. The normalized spacial score (nSPS) is 11.8. The summed E-state index contributed by atoms with van der Waals surface area (Å²) in [6.45, 7) is 3.93. The molecule has 0 atom stereocenters. The number of carbonyl (C=O) groups excluding carboxylic acids is 1. The van der Waals surface area contributed by atoms with Crippen LogP contribution in [0, 0.1) is 0 Å². The van der Waals surface area contributed by atoms with Crippen LogP contribution in [0.3, 0.4) is 0 Å². The van der Waals surface area contributed by atoms with Crippen molar-refractivity contribution in [3.8, 4) is 34.4 Å². The molecule has 11 nitrogen and oxygen atoms in total. The zero-order valence-corrected chi connectivity index (χ0v) is 20.2. The number of fused-ring (bicyclic) bond motifs is 1. The van der Waals surface area contributed by atoms with Gasteiger partial charge in [-0.15, -0.1) is 10.2 Å². The van der Waals surface area contributed by atoms with Crippen LogP contribution < -0.4 is 29.8 Å². The third-order valence-corrected chi connectivity index (χ3v) is 5.41. The number of aromatic nitrogens is 3. The van der Waals surface area contributed by atoms with Crippen LogP contribution in [0.5, 0.6) is 23.0 Å². The van der Waals surface area contributed by atoms with Gasteiger partial charge in [0.1, 0.15) is 12.3 Å². The van der Waals surface area contributed by atoms with E-state index in [1.54, 1.807) is 24.3 Å². The van der Waals surface area contributed by atoms with E-state index in [4.69, 9.17) is 23.7 Å². The highest BCUT2D eigenvalue weighted by Gasteiger charge is 2.15. The van der Waals surface area contributed by atoms with Crippen LogP contribution in [0.2, 0.25) is 0 Å². The van der Waals surface area contributed by atoms with Gasteiger partial charge in [0.2, 0.25) is 12.7 Å². The predicted octanol–water partition coefficient (Wildman–Crippen LogP) is 2.23. The summed E-state index contributed by atoms with van der Waals surface area (Å²) in [7, 11) is 1.53. The van der Waals surface area contributed by atoms with Crippen LogP contribution in [-0.4, -0.2) is 54.8 Å². The maximum absolute atomic E-state index is 12.6. The molecular formula is C25H28N4O7. The van der Waals surface area contributed by atoms with Gasteiger partial charge in [0.15, 0.2) is 28.8 Å². The van der Waals surface area contributed by atoms with E-state index < -0.39 is 5.56 Å². The first-order valence-corrected chi connectivity index (χ1v) is 11.6. The largest absolute Gasteiger partial charge is 0.493 e. The van der Waals surface area contributed by atoms with Crippen molar-refractivity contribution in [1.29, 1.82) is 0 Å². The fourth-order valence-electron chi connectivity index (χ4n) is 3.51. The molecule has 190 valence electrons. The number of amides is 1. The first kappa shape index (κ1) is 25.0. The van der Waals surface area contributed by atoms with Gasteiger partial charge in [0.05, 0.1) is 13.7 Å². The Hall–Kier alpha value is -4.12. The number of H-pyrrole nitrogens is 1. The molecule has 1 amide bonds. The summed E-state index contributed by atoms with van der Waals surface area (Å²) >= 11 is 0. The van der Waals surface area contributed by atoms with Crippen molar-refractivity contribution < 1.29 is 28.5 Å². The van der Waals surface area contributed by atoms with Crippen molar-refractivity contribution in [2.75, 3.05) is 33.7 Å². The minimum Gasteiger partial charge on any atom is -0.493 e. The van der Waals surface area contributed by atoms with Gasteiger partial charge >= 0.3 is 0 Å². The van der Waals surface area contributed by atoms with E-state index in [1.165, 1.54) is 7.11 Å². The molecule has 0 unspecified atom stereocenters. The van der Waals surface area contributed by atoms with Crippen molar-refractivity contribution in [1.82, 2.24) is 20.5 Å². The fourth-order valence-corrected chi connectivity index (χ4v) is 3.51. The van der Waals surface area contributed by atoms with Gasteiger partial charge in [-0.05, 0) is 42.8 Å². The molecule has 1 aromatic heterocycles. The number of methoxy groups -OCH3 is 1. The van der Waals surface area contributed by atoms with E-state index in [2.05, 4.69) is 20.5 Å². The second kappa shape index (κ2) is 12.0. The lowest BCUT2D eigenvalue weighted by Crippen LogP contribution is -2.25. The molecule has 0 saturated carbocycles. The van der Waals surface area contributed by atoms with Crippen molar-refractivity contribution >= 4 is 5.91 Å². The standard InChI is InChI=1S/C25H28N4O7/c1-3-33-10-11-34-19-8-5-17(13-21(19)32-2)24-27-25(31)18(28-29-24)6-9-23(30)26-14-16-4-7-20-22(12-16)36-15-35-20/h4-5,7-8,12-13H,3,6,9-11,14-15H2,1-2H3,(H,26,30)(H,27,29,31). The van der Waals surface area contributed by atoms with E-state index in [9.17, 15) is 9.59 Å². The number of ether oxygens (including phenoxy) is 5. The number of aromatic amines is 1. The Balaban J connectivity index is 1.32. The van der Waals surface area contributed by atoms with E-state index >= 15 is 0 Å². The molecule has 36 heavy (non-hydrogen) atoms. The van der Waals surface area contributed by atoms with Gasteiger partial charge in [0, 0.05) is 31.6 Å². The van der Waals surface area contributed by atoms with E-state index in [0.717, 1.165) is 5.56 Å². The molecule has 1 aliphatic rings. The number of nitrogens with zero attached hydrogens (tertiary/aromatic N) is 2. The van der Waals surface area contributed by atoms with Gasteiger partial charge in [0.25, 0.3) is 5.56 Å². The molecule has 2 N–H and O–H groups in total. The Labute approximate surface area is 207 Å². The summed E-state index contributed by atoms with van der Waals surface area (Å²) in [4.78, 5) is 27.6. The van der Waals surface area contributed by atoms with Gasteiger partial charge in [-0.25, -0.2) is 0 Å². The maximum atomic E-state index is 12.6. The number of carbonyl (C=O) groups is 1. The van der Waals surface area contributed by atoms with Crippen LogP contribution in [-0.2, 0) is 22.5 Å². The Morgan fingerprint density at radius 2 is 1.94 bits per heavy atom. The molecule has 0 bridgehead atoms. The second-order valence-corrected chi connectivity index (χ2v) is 7.82. The molecule has 3 aromatic rings. The van der Waals surface area contributed by atoms with Gasteiger partial charge in [-0.2, -0.15) is 0 Å². The average Bonchev–Trinajstić information content (AvgIpc) is 3.37. The number of rotatable bonds is 12. The van der Waals surface area contributed by atoms with Crippen molar-refractivity contribution in [2.24, 2.45) is 0 Å². The molecule has 11 heteroatoms. The van der Waals surface area contributed by atoms with E-state index in [1.807, 2.05) is 19.1 Å². The van der Waals surface area contributed by atoms with Crippen molar-refractivity contribution in [3.05, 3.63) is 58.0 Å². The van der Waals surface area contributed by atoms with Crippen molar-refractivity contribution in [2.45, 2.75) is 26.3 Å². The van der Waals surface area contributed by atoms with Gasteiger partial charge in [-0.3, -0.25) is 9.59 Å². The van der Waals surface area contributed by atoms with Crippen LogP contribution in [0.25, 0.3) is 11.4 Å². The second-order valence-electron chi connectivity index (χ2n) is 7.82. The van der Waals surface area contributed by atoms with Gasteiger partial charge < -0.3 is 34.0 Å². The summed E-state index contributed by atoms with van der Waals surface area (Å²) < 4.78 is 27.0. The van der Waals surface area contributed by atoms with E-state index in [0.29, 0.717) is 54.9 Å². The molecule has 0 radical (unpaired) electrons. The summed E-state index contributed by atoms with van der Waals surface area (Å²) in [6, 6.07) is 10.7. The summed E-state index contributed by atoms with van der Waals surface area (Å²) in [5.74, 6) is 2.48. The van der Waals surface area contributed by atoms with E-state index in [-0.39, 0.29) is 37.1 Å². The minimum absolute atomic E-state index is 0.100. The lowest BCUT2D eigenvalue weighted by atomic mass is 10.2. The molecule has 0 fully saturated rings. The quantitative estimate of drug-likeness (QED) is 0.362. The summed E-state index contributed by atoms with van der Waals surface area (Å²) in [6.07, 6.45) is 0.259. The van der Waals surface area contributed by atoms with Crippen LogP contribution in [0.15, 0.2) is 41.2 Å². The van der Waals surface area contributed by atoms with Crippen LogP contribution in [0.4, 0.5) is 0 Å². The van der Waals surface area contributed by atoms with Crippen LogP contribution in [0.1, 0.15) is 24.6 Å². The maximum Gasteiger partial charge on any atom is 0.273 e. The number of hydrogen-bond donors (Lipinski definition) is 2. The SMILES string of the molecule is CCOCCOc1ccc(-c2nnc(CCC(=O)NCc3ccc4c(c3)OCO4)c(=O)[nH]2)cc1OC. The lowest BCUT2D eigenvalue weighted by molar-refractivity contribution is -0.121. The Bertz CT molecular complexity index is 1260. The third-order valence-electron chi connectivity index (χ3n) is 5.41. The highest BCUT2D eigenvalue weighted by molar-refractivity contribution is 5.76. The predicted molar refractivity (Wildman–Crippen MR) is 129 cm³/mol.